The molecule has 0 saturated heterocycles. The van der Waals surface area contributed by atoms with E-state index < -0.39 is 0 Å². The molecule has 0 fully saturated rings. The van der Waals surface area contributed by atoms with Gasteiger partial charge >= 0.3 is 0 Å². The molecule has 0 N–H and O–H groups in total. The standard InChI is InChI=1S/C35H28N2O/c1-3-23(2)27-18-21-34-31(22-27)36-35(38-34)26-14-12-24(13-15-26)25-16-19-28(20-17-25)37-32-10-6-4-8-29(32)30-9-5-7-11-33(30)37/h4-23H,3H2,1-2H3. The number of benzene rings is 5. The van der Waals surface area contributed by atoms with Crippen LogP contribution >= 0.6 is 0 Å². The molecule has 0 aliphatic rings. The molecule has 1 unspecified atom stereocenters. The molecular weight excluding hydrogens is 464 g/mol. The number of rotatable bonds is 5. The normalized spacial score (nSPS) is 12.5. The highest BCUT2D eigenvalue weighted by Gasteiger charge is 2.13. The van der Waals surface area contributed by atoms with Gasteiger partial charge in [-0.2, -0.15) is 0 Å². The van der Waals surface area contributed by atoms with Crippen molar-refractivity contribution in [2.45, 2.75) is 26.2 Å². The van der Waals surface area contributed by atoms with Crippen LogP contribution in [0.3, 0.4) is 0 Å². The molecule has 0 radical (unpaired) electrons. The predicted octanol–water partition coefficient (Wildman–Crippen LogP) is 9.77. The average molecular weight is 493 g/mol. The van der Waals surface area contributed by atoms with Crippen molar-refractivity contribution in [3.8, 4) is 28.3 Å². The lowest BCUT2D eigenvalue weighted by Gasteiger charge is -2.09. The van der Waals surface area contributed by atoms with Crippen molar-refractivity contribution in [3.05, 3.63) is 121 Å². The smallest absolute Gasteiger partial charge is 0.227 e. The molecule has 1 atom stereocenters. The largest absolute Gasteiger partial charge is 0.436 e. The molecule has 3 nitrogen and oxygen atoms in total. The summed E-state index contributed by atoms with van der Waals surface area (Å²) in [5, 5.41) is 2.55. The molecule has 184 valence electrons. The first-order valence-corrected chi connectivity index (χ1v) is 13.3. The molecule has 3 heteroatoms. The van der Waals surface area contributed by atoms with Gasteiger partial charge in [-0.3, -0.25) is 0 Å². The second-order valence-corrected chi connectivity index (χ2v) is 10.0. The summed E-state index contributed by atoms with van der Waals surface area (Å²) in [5.41, 5.74) is 9.98. The Kier molecular flexibility index (Phi) is 5.36. The third-order valence-electron chi connectivity index (χ3n) is 7.76. The Bertz CT molecular complexity index is 1850. The highest BCUT2D eigenvalue weighted by Crippen LogP contribution is 2.33. The number of fused-ring (bicyclic) bond motifs is 4. The molecule has 0 aliphatic carbocycles. The van der Waals surface area contributed by atoms with Gasteiger partial charge in [0.2, 0.25) is 5.89 Å². The van der Waals surface area contributed by atoms with Gasteiger partial charge in [0, 0.05) is 22.0 Å². The molecular formula is C35H28N2O. The minimum Gasteiger partial charge on any atom is -0.436 e. The Morgan fingerprint density at radius 2 is 1.26 bits per heavy atom. The minimum atomic E-state index is 0.514. The summed E-state index contributed by atoms with van der Waals surface area (Å²) in [7, 11) is 0. The fourth-order valence-electron chi connectivity index (χ4n) is 5.42. The van der Waals surface area contributed by atoms with Crippen LogP contribution in [0, 0.1) is 0 Å². The quantitative estimate of drug-likeness (QED) is 0.239. The number of hydrogen-bond acceptors (Lipinski definition) is 2. The van der Waals surface area contributed by atoms with Crippen LogP contribution in [-0.2, 0) is 0 Å². The molecule has 0 aliphatic heterocycles. The van der Waals surface area contributed by atoms with Gasteiger partial charge in [0.1, 0.15) is 5.52 Å². The van der Waals surface area contributed by atoms with Crippen LogP contribution in [0.15, 0.2) is 120 Å². The summed E-state index contributed by atoms with van der Waals surface area (Å²) in [5.74, 6) is 1.18. The molecule has 0 bridgehead atoms. The molecule has 7 aromatic rings. The number of oxazole rings is 1. The van der Waals surface area contributed by atoms with Crippen molar-refractivity contribution in [2.24, 2.45) is 0 Å². The lowest BCUT2D eigenvalue weighted by atomic mass is 9.98. The molecule has 0 saturated carbocycles. The maximum absolute atomic E-state index is 6.08. The first-order chi connectivity index (χ1) is 18.7. The molecule has 7 rings (SSSR count). The molecule has 38 heavy (non-hydrogen) atoms. The fraction of sp³-hybridized carbons (Fsp3) is 0.114. The summed E-state index contributed by atoms with van der Waals surface area (Å²) in [6.45, 7) is 4.46. The van der Waals surface area contributed by atoms with E-state index in [1.165, 1.54) is 32.9 Å². The Morgan fingerprint density at radius 3 is 1.89 bits per heavy atom. The van der Waals surface area contributed by atoms with E-state index in [1.54, 1.807) is 0 Å². The van der Waals surface area contributed by atoms with Gasteiger partial charge in [0.05, 0.1) is 11.0 Å². The Hall–Kier alpha value is -4.63. The van der Waals surface area contributed by atoms with Crippen molar-refractivity contribution in [1.82, 2.24) is 9.55 Å². The Morgan fingerprint density at radius 1 is 0.684 bits per heavy atom. The Labute approximate surface area is 222 Å². The number of hydrogen-bond donors (Lipinski definition) is 0. The van der Waals surface area contributed by atoms with Crippen LogP contribution in [0.4, 0.5) is 0 Å². The van der Waals surface area contributed by atoms with Crippen LogP contribution in [0.2, 0.25) is 0 Å². The van der Waals surface area contributed by atoms with Gasteiger partial charge in [-0.25, -0.2) is 4.98 Å². The van der Waals surface area contributed by atoms with Crippen LogP contribution in [0.25, 0.3) is 61.2 Å². The maximum Gasteiger partial charge on any atom is 0.227 e. The van der Waals surface area contributed by atoms with E-state index in [1.807, 2.05) is 6.07 Å². The highest BCUT2D eigenvalue weighted by molar-refractivity contribution is 6.09. The Balaban J connectivity index is 1.20. The molecule has 2 heterocycles. The first kappa shape index (κ1) is 22.6. The fourth-order valence-corrected chi connectivity index (χ4v) is 5.42. The third kappa shape index (κ3) is 3.71. The first-order valence-electron chi connectivity index (χ1n) is 13.3. The lowest BCUT2D eigenvalue weighted by molar-refractivity contribution is 0.619. The number of aromatic nitrogens is 2. The van der Waals surface area contributed by atoms with Crippen molar-refractivity contribution in [2.75, 3.05) is 0 Å². The van der Waals surface area contributed by atoms with Crippen molar-refractivity contribution >= 4 is 32.9 Å². The maximum atomic E-state index is 6.08. The van der Waals surface area contributed by atoms with E-state index in [2.05, 4.69) is 128 Å². The van der Waals surface area contributed by atoms with E-state index in [4.69, 9.17) is 9.40 Å². The highest BCUT2D eigenvalue weighted by atomic mass is 16.3. The zero-order chi connectivity index (χ0) is 25.6. The van der Waals surface area contributed by atoms with Crippen LogP contribution in [0.5, 0.6) is 0 Å². The molecule has 0 spiro atoms. The topological polar surface area (TPSA) is 31.0 Å². The zero-order valence-electron chi connectivity index (χ0n) is 21.6. The van der Waals surface area contributed by atoms with Crippen molar-refractivity contribution in [3.63, 3.8) is 0 Å². The predicted molar refractivity (Wildman–Crippen MR) is 158 cm³/mol. The second-order valence-electron chi connectivity index (χ2n) is 10.0. The summed E-state index contributed by atoms with van der Waals surface area (Å²) < 4.78 is 8.43. The summed E-state index contributed by atoms with van der Waals surface area (Å²) in [6.07, 6.45) is 1.11. The van der Waals surface area contributed by atoms with Gasteiger partial charge in [-0.1, -0.05) is 80.6 Å². The van der Waals surface area contributed by atoms with Gasteiger partial charge in [-0.05, 0) is 77.6 Å². The van der Waals surface area contributed by atoms with E-state index in [9.17, 15) is 0 Å². The van der Waals surface area contributed by atoms with Gasteiger partial charge in [-0.15, -0.1) is 0 Å². The van der Waals surface area contributed by atoms with Crippen LogP contribution in [0.1, 0.15) is 31.7 Å². The molecule has 0 amide bonds. The monoisotopic (exact) mass is 492 g/mol. The number of para-hydroxylation sites is 2. The summed E-state index contributed by atoms with van der Waals surface area (Å²) in [4.78, 5) is 4.78. The zero-order valence-corrected chi connectivity index (χ0v) is 21.6. The molecule has 5 aromatic carbocycles. The third-order valence-corrected chi connectivity index (χ3v) is 7.76. The van der Waals surface area contributed by atoms with E-state index in [-0.39, 0.29) is 0 Å². The molecule has 2 aromatic heterocycles. The SMILES string of the molecule is CCC(C)c1ccc2oc(-c3ccc(-c4ccc(-n5c6ccccc6c6ccccc65)cc4)cc3)nc2c1. The van der Waals surface area contributed by atoms with Gasteiger partial charge < -0.3 is 8.98 Å². The number of nitrogens with zero attached hydrogens (tertiary/aromatic N) is 2. The lowest BCUT2D eigenvalue weighted by Crippen LogP contribution is -1.93. The van der Waals surface area contributed by atoms with Crippen LogP contribution in [-0.4, -0.2) is 9.55 Å². The summed E-state index contributed by atoms with van der Waals surface area (Å²) in [6, 6.07) is 40.8. The summed E-state index contributed by atoms with van der Waals surface area (Å²) >= 11 is 0. The minimum absolute atomic E-state index is 0.514. The second kappa shape index (κ2) is 9.04. The van der Waals surface area contributed by atoms with Crippen molar-refractivity contribution in [1.29, 1.82) is 0 Å². The van der Waals surface area contributed by atoms with Gasteiger partial charge in [0.15, 0.2) is 5.58 Å². The van der Waals surface area contributed by atoms with E-state index in [0.717, 1.165) is 34.3 Å². The average Bonchev–Trinajstić information content (AvgIpc) is 3.56. The van der Waals surface area contributed by atoms with Gasteiger partial charge in [0.25, 0.3) is 0 Å². The van der Waals surface area contributed by atoms with E-state index in [0.29, 0.717) is 11.8 Å². The van der Waals surface area contributed by atoms with Crippen molar-refractivity contribution < 1.29 is 4.42 Å². The van der Waals surface area contributed by atoms with E-state index >= 15 is 0 Å². The van der Waals surface area contributed by atoms with Crippen LogP contribution < -0.4 is 0 Å².